The minimum Gasteiger partial charge on any atom is -0.469 e. The monoisotopic (exact) mass is 351 g/mol. The van der Waals surface area contributed by atoms with E-state index < -0.39 is 0 Å². The average Bonchev–Trinajstić information content (AvgIpc) is 3.28. The number of guanidine groups is 1. The molecule has 1 saturated heterocycles. The Balaban J connectivity index is 1.67. The summed E-state index contributed by atoms with van der Waals surface area (Å²) in [6.45, 7) is 8.21. The van der Waals surface area contributed by atoms with Gasteiger partial charge < -0.3 is 24.5 Å². The van der Waals surface area contributed by atoms with Crippen LogP contribution in [0.1, 0.15) is 45.3 Å². The Morgan fingerprint density at radius 3 is 2.92 bits per heavy atom. The summed E-state index contributed by atoms with van der Waals surface area (Å²) in [5.41, 5.74) is 0. The van der Waals surface area contributed by atoms with E-state index in [0.717, 1.165) is 70.1 Å². The van der Waals surface area contributed by atoms with Crippen molar-refractivity contribution in [2.45, 2.75) is 58.2 Å². The van der Waals surface area contributed by atoms with Crippen LogP contribution >= 0.6 is 0 Å². The maximum Gasteiger partial charge on any atom is 0.191 e. The molecule has 1 aromatic rings. The predicted octanol–water partition coefficient (Wildman–Crippen LogP) is 2.74. The van der Waals surface area contributed by atoms with E-state index in [1.165, 1.54) is 0 Å². The van der Waals surface area contributed by atoms with Crippen molar-refractivity contribution in [2.75, 3.05) is 32.8 Å². The van der Waals surface area contributed by atoms with E-state index >= 15 is 0 Å². The molecule has 0 radical (unpaired) electrons. The average molecular weight is 351 g/mol. The molecule has 1 aliphatic heterocycles. The summed E-state index contributed by atoms with van der Waals surface area (Å²) in [6.07, 6.45) is 7.49. The molecule has 25 heavy (non-hydrogen) atoms. The van der Waals surface area contributed by atoms with E-state index in [0.29, 0.717) is 12.6 Å². The van der Waals surface area contributed by atoms with Crippen molar-refractivity contribution in [1.29, 1.82) is 0 Å². The lowest BCUT2D eigenvalue weighted by atomic mass is 10.2. The minimum atomic E-state index is 0.267. The molecule has 0 saturated carbocycles. The number of ether oxygens (including phenoxy) is 2. The van der Waals surface area contributed by atoms with Gasteiger partial charge in [-0.3, -0.25) is 4.99 Å². The van der Waals surface area contributed by atoms with Gasteiger partial charge >= 0.3 is 0 Å². The van der Waals surface area contributed by atoms with Gasteiger partial charge in [-0.25, -0.2) is 0 Å². The van der Waals surface area contributed by atoms with Crippen LogP contribution in [0.2, 0.25) is 0 Å². The molecule has 1 fully saturated rings. The van der Waals surface area contributed by atoms with Gasteiger partial charge in [-0.2, -0.15) is 0 Å². The molecular formula is C19H33N3O3. The Kier molecular flexibility index (Phi) is 9.44. The van der Waals surface area contributed by atoms with Gasteiger partial charge in [0.05, 0.1) is 25.0 Å². The highest BCUT2D eigenvalue weighted by Crippen LogP contribution is 2.11. The molecular weight excluding hydrogens is 318 g/mol. The van der Waals surface area contributed by atoms with Gasteiger partial charge in [-0.05, 0) is 51.7 Å². The van der Waals surface area contributed by atoms with Crippen LogP contribution in [-0.4, -0.2) is 51.0 Å². The van der Waals surface area contributed by atoms with Crippen molar-refractivity contribution in [2.24, 2.45) is 4.99 Å². The zero-order valence-electron chi connectivity index (χ0n) is 15.6. The maximum absolute atomic E-state index is 5.65. The topological polar surface area (TPSA) is 68.0 Å². The van der Waals surface area contributed by atoms with Crippen LogP contribution in [0.4, 0.5) is 0 Å². The van der Waals surface area contributed by atoms with Gasteiger partial charge in [0.25, 0.3) is 0 Å². The summed E-state index contributed by atoms with van der Waals surface area (Å²) in [4.78, 5) is 4.68. The van der Waals surface area contributed by atoms with Gasteiger partial charge in [-0.15, -0.1) is 0 Å². The number of nitrogens with one attached hydrogen (secondary N) is 2. The van der Waals surface area contributed by atoms with Crippen molar-refractivity contribution < 1.29 is 13.9 Å². The molecule has 1 atom stereocenters. The molecule has 0 amide bonds. The number of nitrogens with zero attached hydrogens (tertiary/aromatic N) is 1. The molecule has 2 heterocycles. The number of rotatable bonds is 11. The number of aliphatic imine (C=N–C) groups is 1. The van der Waals surface area contributed by atoms with Crippen LogP contribution in [0.25, 0.3) is 0 Å². The minimum absolute atomic E-state index is 0.267. The van der Waals surface area contributed by atoms with Crippen LogP contribution in [0.3, 0.4) is 0 Å². The van der Waals surface area contributed by atoms with Crippen LogP contribution in [0, 0.1) is 0 Å². The third-order valence-electron chi connectivity index (χ3n) is 4.04. The fourth-order valence-electron chi connectivity index (χ4n) is 2.67. The van der Waals surface area contributed by atoms with Crippen molar-refractivity contribution in [3.8, 4) is 0 Å². The van der Waals surface area contributed by atoms with Gasteiger partial charge in [0.2, 0.25) is 0 Å². The lowest BCUT2D eigenvalue weighted by molar-refractivity contribution is 0.0762. The molecule has 6 heteroatoms. The second-order valence-corrected chi connectivity index (χ2v) is 6.63. The van der Waals surface area contributed by atoms with Crippen molar-refractivity contribution in [3.63, 3.8) is 0 Å². The fourth-order valence-corrected chi connectivity index (χ4v) is 2.67. The number of unbranched alkanes of at least 4 members (excludes halogenated alkanes) is 1. The maximum atomic E-state index is 5.65. The third kappa shape index (κ3) is 8.93. The van der Waals surface area contributed by atoms with E-state index in [1.54, 1.807) is 6.26 Å². The first-order chi connectivity index (χ1) is 12.2. The van der Waals surface area contributed by atoms with Gasteiger partial charge in [0.1, 0.15) is 5.76 Å². The quantitative estimate of drug-likeness (QED) is 0.364. The molecule has 2 N–H and O–H groups in total. The largest absolute Gasteiger partial charge is 0.469 e. The lowest BCUT2D eigenvalue weighted by Gasteiger charge is -2.14. The summed E-state index contributed by atoms with van der Waals surface area (Å²) < 4.78 is 16.6. The van der Waals surface area contributed by atoms with Crippen LogP contribution < -0.4 is 10.6 Å². The summed E-state index contributed by atoms with van der Waals surface area (Å²) in [6, 6.07) is 3.91. The SMILES string of the molecule is CC(C)OCCCCNC(=NCC1CCCO1)NCCc1ccco1. The van der Waals surface area contributed by atoms with Gasteiger partial charge in [-0.1, -0.05) is 0 Å². The number of hydrogen-bond acceptors (Lipinski definition) is 4. The van der Waals surface area contributed by atoms with E-state index in [1.807, 2.05) is 12.1 Å². The van der Waals surface area contributed by atoms with Crippen molar-refractivity contribution in [3.05, 3.63) is 24.2 Å². The zero-order valence-corrected chi connectivity index (χ0v) is 15.6. The van der Waals surface area contributed by atoms with Crippen molar-refractivity contribution in [1.82, 2.24) is 10.6 Å². The highest BCUT2D eigenvalue weighted by Gasteiger charge is 2.14. The molecule has 1 unspecified atom stereocenters. The molecule has 0 spiro atoms. The number of furan rings is 1. The molecule has 2 rings (SSSR count). The molecule has 0 aromatic carbocycles. The Labute approximate surface area is 151 Å². The highest BCUT2D eigenvalue weighted by molar-refractivity contribution is 5.79. The van der Waals surface area contributed by atoms with Gasteiger partial charge in [0.15, 0.2) is 5.96 Å². The Hall–Kier alpha value is -1.53. The summed E-state index contributed by atoms with van der Waals surface area (Å²) in [5.74, 6) is 1.84. The molecule has 0 aliphatic carbocycles. The second kappa shape index (κ2) is 11.9. The molecule has 6 nitrogen and oxygen atoms in total. The predicted molar refractivity (Wildman–Crippen MR) is 100 cm³/mol. The van der Waals surface area contributed by atoms with E-state index in [9.17, 15) is 0 Å². The standard InChI is InChI=1S/C19H33N3O3/c1-16(2)23-12-4-3-10-20-19(22-15-18-8-6-14-25-18)21-11-9-17-7-5-13-24-17/h5,7,13,16,18H,3-4,6,8-12,14-15H2,1-2H3,(H2,20,21,22). The zero-order chi connectivity index (χ0) is 17.7. The summed E-state index contributed by atoms with van der Waals surface area (Å²) >= 11 is 0. The molecule has 0 bridgehead atoms. The summed E-state index contributed by atoms with van der Waals surface area (Å²) in [7, 11) is 0. The van der Waals surface area contributed by atoms with E-state index in [4.69, 9.17) is 13.9 Å². The second-order valence-electron chi connectivity index (χ2n) is 6.63. The first-order valence-corrected chi connectivity index (χ1v) is 9.52. The third-order valence-corrected chi connectivity index (χ3v) is 4.04. The summed E-state index contributed by atoms with van der Waals surface area (Å²) in [5, 5.41) is 6.79. The van der Waals surface area contributed by atoms with Crippen LogP contribution in [0.15, 0.2) is 27.8 Å². The van der Waals surface area contributed by atoms with Crippen molar-refractivity contribution >= 4 is 5.96 Å². The fraction of sp³-hybridized carbons (Fsp3) is 0.737. The smallest absolute Gasteiger partial charge is 0.191 e. The Morgan fingerprint density at radius 1 is 1.32 bits per heavy atom. The Bertz CT molecular complexity index is 468. The van der Waals surface area contributed by atoms with Gasteiger partial charge in [0, 0.05) is 32.7 Å². The van der Waals surface area contributed by atoms with E-state index in [-0.39, 0.29) is 6.10 Å². The van der Waals surface area contributed by atoms with Crippen LogP contribution in [0.5, 0.6) is 0 Å². The van der Waals surface area contributed by atoms with Crippen LogP contribution in [-0.2, 0) is 15.9 Å². The molecule has 1 aliphatic rings. The van der Waals surface area contributed by atoms with E-state index in [2.05, 4.69) is 29.5 Å². The first-order valence-electron chi connectivity index (χ1n) is 9.52. The highest BCUT2D eigenvalue weighted by atomic mass is 16.5. The Morgan fingerprint density at radius 2 is 2.20 bits per heavy atom. The normalized spacial score (nSPS) is 18.0. The molecule has 142 valence electrons. The number of hydrogen-bond donors (Lipinski definition) is 2. The molecule has 1 aromatic heterocycles. The first kappa shape index (κ1) is 19.8. The lowest BCUT2D eigenvalue weighted by Crippen LogP contribution is -2.39.